The summed E-state index contributed by atoms with van der Waals surface area (Å²) < 4.78 is 0. The van der Waals surface area contributed by atoms with E-state index in [2.05, 4.69) is 0 Å². The highest BCUT2D eigenvalue weighted by atomic mass is 16.4. The van der Waals surface area contributed by atoms with Crippen LogP contribution < -0.4 is 0 Å². The van der Waals surface area contributed by atoms with E-state index in [9.17, 15) is 9.59 Å². The van der Waals surface area contributed by atoms with Crippen LogP contribution in [0.1, 0.15) is 31.8 Å². The van der Waals surface area contributed by atoms with E-state index >= 15 is 0 Å². The van der Waals surface area contributed by atoms with E-state index < -0.39 is 11.9 Å². The molecule has 0 atom stereocenters. The predicted molar refractivity (Wildman–Crippen MR) is 66.8 cm³/mol. The first-order valence-electron chi connectivity index (χ1n) is 5.34. The molecule has 0 aliphatic heterocycles. The van der Waals surface area contributed by atoms with Crippen LogP contribution in [0.15, 0.2) is 24.3 Å². The van der Waals surface area contributed by atoms with Gasteiger partial charge in [-0.3, -0.25) is 0 Å². The second-order valence-corrected chi connectivity index (χ2v) is 4.10. The second kappa shape index (κ2) is 3.43. The standard InChI is InChI=1S/C14H8O4/c15-13(16)10-3-1-7-2-4-11(14(17)18)9-6-5-8(10)12(7)9/h1-6H,(H,15,16)(H,17,18). The summed E-state index contributed by atoms with van der Waals surface area (Å²) in [4.78, 5) is 22.2. The Morgan fingerprint density at radius 3 is 1.61 bits per heavy atom. The van der Waals surface area contributed by atoms with E-state index in [0.717, 1.165) is 5.39 Å². The van der Waals surface area contributed by atoms with Crippen molar-refractivity contribution < 1.29 is 19.8 Å². The molecule has 1 aliphatic rings. The van der Waals surface area contributed by atoms with Gasteiger partial charge in [0.1, 0.15) is 0 Å². The molecule has 1 aliphatic carbocycles. The third-order valence-electron chi connectivity index (χ3n) is 3.14. The van der Waals surface area contributed by atoms with Crippen LogP contribution in [0.5, 0.6) is 0 Å². The number of carboxylic acids is 2. The summed E-state index contributed by atoms with van der Waals surface area (Å²) in [5.74, 6) is -2.02. The molecule has 0 aromatic heterocycles. The van der Waals surface area contributed by atoms with Crippen molar-refractivity contribution in [3.63, 3.8) is 0 Å². The van der Waals surface area contributed by atoms with Crippen LogP contribution >= 0.6 is 0 Å². The van der Waals surface area contributed by atoms with E-state index in [4.69, 9.17) is 10.2 Å². The van der Waals surface area contributed by atoms with Gasteiger partial charge in [0.05, 0.1) is 11.1 Å². The highest BCUT2D eigenvalue weighted by Crippen LogP contribution is 2.35. The Balaban J connectivity index is 2.46. The number of carbonyl (C=O) groups is 2. The third-order valence-corrected chi connectivity index (χ3v) is 3.14. The third kappa shape index (κ3) is 1.26. The van der Waals surface area contributed by atoms with E-state index in [1.807, 2.05) is 0 Å². The fraction of sp³-hybridized carbons (Fsp3) is 0. The van der Waals surface area contributed by atoms with Crippen molar-refractivity contribution in [3.8, 4) is 0 Å². The van der Waals surface area contributed by atoms with Crippen LogP contribution in [0.2, 0.25) is 0 Å². The minimum Gasteiger partial charge on any atom is -0.478 e. The van der Waals surface area contributed by atoms with Crippen LogP contribution in [-0.4, -0.2) is 22.2 Å². The van der Waals surface area contributed by atoms with E-state index in [-0.39, 0.29) is 11.1 Å². The lowest BCUT2D eigenvalue weighted by Crippen LogP contribution is -2.02. The topological polar surface area (TPSA) is 74.6 Å². The van der Waals surface area contributed by atoms with Crippen LogP contribution in [0.25, 0.3) is 22.9 Å². The molecule has 0 fully saturated rings. The first kappa shape index (κ1) is 10.5. The number of aromatic carboxylic acids is 2. The van der Waals surface area contributed by atoms with Crippen molar-refractivity contribution in [1.82, 2.24) is 0 Å². The second-order valence-electron chi connectivity index (χ2n) is 4.10. The first-order chi connectivity index (χ1) is 8.59. The van der Waals surface area contributed by atoms with Crippen LogP contribution in [0.4, 0.5) is 0 Å². The van der Waals surface area contributed by atoms with E-state index in [1.165, 1.54) is 0 Å². The van der Waals surface area contributed by atoms with Gasteiger partial charge in [-0.2, -0.15) is 0 Å². The molecular weight excluding hydrogens is 232 g/mol. The Labute approximate surface area is 102 Å². The highest BCUT2D eigenvalue weighted by molar-refractivity contribution is 6.14. The quantitative estimate of drug-likeness (QED) is 0.722. The van der Waals surface area contributed by atoms with Gasteiger partial charge in [-0.1, -0.05) is 24.3 Å². The lowest BCUT2D eigenvalue weighted by molar-refractivity contribution is 0.0686. The van der Waals surface area contributed by atoms with Gasteiger partial charge in [-0.25, -0.2) is 9.59 Å². The van der Waals surface area contributed by atoms with Crippen molar-refractivity contribution in [2.24, 2.45) is 0 Å². The summed E-state index contributed by atoms with van der Waals surface area (Å²) in [6.45, 7) is 0. The number of benzene rings is 2. The van der Waals surface area contributed by atoms with Crippen molar-refractivity contribution in [2.75, 3.05) is 0 Å². The SMILES string of the molecule is O=C(O)c1ccc2ccc(C(=O)O)c3c2c1C=C3. The van der Waals surface area contributed by atoms with Gasteiger partial charge in [-0.15, -0.1) is 0 Å². The van der Waals surface area contributed by atoms with Crippen molar-refractivity contribution in [1.29, 1.82) is 0 Å². The Morgan fingerprint density at radius 1 is 0.778 bits per heavy atom. The summed E-state index contributed by atoms with van der Waals surface area (Å²) in [5.41, 5.74) is 1.55. The van der Waals surface area contributed by atoms with Crippen LogP contribution in [0.3, 0.4) is 0 Å². The van der Waals surface area contributed by atoms with Gasteiger partial charge < -0.3 is 10.2 Å². The lowest BCUT2D eigenvalue weighted by atomic mass is 9.97. The van der Waals surface area contributed by atoms with Gasteiger partial charge in [0.2, 0.25) is 0 Å². The maximum Gasteiger partial charge on any atom is 0.336 e. The molecule has 0 saturated heterocycles. The molecule has 0 saturated carbocycles. The van der Waals surface area contributed by atoms with Gasteiger partial charge in [0.15, 0.2) is 0 Å². The molecule has 0 radical (unpaired) electrons. The molecule has 88 valence electrons. The molecule has 2 N–H and O–H groups in total. The molecule has 4 nitrogen and oxygen atoms in total. The molecule has 3 rings (SSSR count). The van der Waals surface area contributed by atoms with Gasteiger partial charge in [0, 0.05) is 0 Å². The molecule has 18 heavy (non-hydrogen) atoms. The average Bonchev–Trinajstić information content (AvgIpc) is 2.75. The number of hydrogen-bond donors (Lipinski definition) is 2. The predicted octanol–water partition coefficient (Wildman–Crippen LogP) is 2.72. The largest absolute Gasteiger partial charge is 0.478 e. The molecule has 0 heterocycles. The highest BCUT2D eigenvalue weighted by Gasteiger charge is 2.21. The Morgan fingerprint density at radius 2 is 1.22 bits per heavy atom. The average molecular weight is 240 g/mol. The maximum atomic E-state index is 11.1. The normalized spacial score (nSPS) is 12.0. The molecule has 0 amide bonds. The van der Waals surface area contributed by atoms with Gasteiger partial charge in [-0.05, 0) is 34.0 Å². The van der Waals surface area contributed by atoms with Crippen molar-refractivity contribution in [3.05, 3.63) is 46.5 Å². The fourth-order valence-corrected chi connectivity index (χ4v) is 2.36. The lowest BCUT2D eigenvalue weighted by Gasteiger charge is -2.07. The summed E-state index contributed by atoms with van der Waals surface area (Å²) in [6.07, 6.45) is 3.32. The Kier molecular flexibility index (Phi) is 2.01. The van der Waals surface area contributed by atoms with E-state index in [0.29, 0.717) is 16.5 Å². The zero-order valence-electron chi connectivity index (χ0n) is 9.18. The molecule has 0 spiro atoms. The Hall–Kier alpha value is -2.62. The zero-order chi connectivity index (χ0) is 12.9. The van der Waals surface area contributed by atoms with Crippen molar-refractivity contribution in [2.45, 2.75) is 0 Å². The molecule has 0 bridgehead atoms. The van der Waals surface area contributed by atoms with Crippen molar-refractivity contribution >= 4 is 34.9 Å². The number of hydrogen-bond acceptors (Lipinski definition) is 2. The summed E-state index contributed by atoms with van der Waals surface area (Å²) in [6, 6.07) is 6.48. The molecule has 2 aromatic rings. The fourth-order valence-electron chi connectivity index (χ4n) is 2.36. The maximum absolute atomic E-state index is 11.1. The monoisotopic (exact) mass is 240 g/mol. The number of carboxylic acid groups (broad SMARTS) is 2. The summed E-state index contributed by atoms with van der Waals surface area (Å²) in [7, 11) is 0. The molecule has 2 aromatic carbocycles. The molecular formula is C14H8O4. The minimum absolute atomic E-state index is 0.194. The zero-order valence-corrected chi connectivity index (χ0v) is 9.18. The first-order valence-corrected chi connectivity index (χ1v) is 5.34. The van der Waals surface area contributed by atoms with E-state index in [1.54, 1.807) is 36.4 Å². The molecule has 4 heteroatoms. The smallest absolute Gasteiger partial charge is 0.336 e. The molecule has 0 unspecified atom stereocenters. The minimum atomic E-state index is -1.01. The summed E-state index contributed by atoms with van der Waals surface area (Å²) in [5, 5.41) is 19.8. The Bertz CT molecular complexity index is 682. The van der Waals surface area contributed by atoms with Gasteiger partial charge in [0.25, 0.3) is 0 Å². The summed E-state index contributed by atoms with van der Waals surface area (Å²) >= 11 is 0. The van der Waals surface area contributed by atoms with Crippen LogP contribution in [0, 0.1) is 0 Å². The van der Waals surface area contributed by atoms with Gasteiger partial charge >= 0.3 is 11.9 Å². The van der Waals surface area contributed by atoms with Crippen LogP contribution in [-0.2, 0) is 0 Å². The number of rotatable bonds is 2.